The number of thiophene rings is 1. The predicted molar refractivity (Wildman–Crippen MR) is 97.1 cm³/mol. The number of hydrogen-bond acceptors (Lipinski definition) is 4. The molecule has 0 unspecified atom stereocenters. The Morgan fingerprint density at radius 1 is 1.39 bits per heavy atom. The number of fused-ring (bicyclic) bond motifs is 1. The van der Waals surface area contributed by atoms with Crippen molar-refractivity contribution in [3.8, 4) is 18.1 Å². The molecule has 0 atom stereocenters. The van der Waals surface area contributed by atoms with Gasteiger partial charge < -0.3 is 9.30 Å². The molecule has 3 rings (SSSR count). The van der Waals surface area contributed by atoms with Gasteiger partial charge in [-0.15, -0.1) is 17.8 Å². The first-order valence-corrected chi connectivity index (χ1v) is 9.00. The highest BCUT2D eigenvalue weighted by Gasteiger charge is 2.11. The highest BCUT2D eigenvalue weighted by atomic mass is 79.9. The van der Waals surface area contributed by atoms with Crippen LogP contribution in [0.5, 0.6) is 5.75 Å². The van der Waals surface area contributed by atoms with Crippen molar-refractivity contribution in [1.82, 2.24) is 4.57 Å². The van der Waals surface area contributed by atoms with Crippen molar-refractivity contribution >= 4 is 54.7 Å². The Balaban J connectivity index is 2.15. The van der Waals surface area contributed by atoms with Gasteiger partial charge in [0.25, 0.3) is 5.91 Å². The summed E-state index contributed by atoms with van der Waals surface area (Å²) in [6.07, 6.45) is 5.46. The molecule has 0 aliphatic heterocycles. The molecule has 0 fully saturated rings. The molecule has 0 radical (unpaired) electrons. The van der Waals surface area contributed by atoms with Crippen molar-refractivity contribution < 1.29 is 9.53 Å². The molecule has 2 heterocycles. The molecule has 0 bridgehead atoms. The summed E-state index contributed by atoms with van der Waals surface area (Å²) in [5.74, 6) is 3.09. The minimum atomic E-state index is -0.273. The molecule has 0 aliphatic rings. The van der Waals surface area contributed by atoms with E-state index < -0.39 is 0 Å². The van der Waals surface area contributed by atoms with E-state index in [0.717, 1.165) is 19.8 Å². The lowest BCUT2D eigenvalue weighted by Crippen LogP contribution is -2.16. The Morgan fingerprint density at radius 3 is 2.87 bits per heavy atom. The van der Waals surface area contributed by atoms with E-state index in [0.29, 0.717) is 16.2 Å². The third-order valence-corrected chi connectivity index (χ3v) is 5.77. The maximum Gasteiger partial charge on any atom is 0.289 e. The third kappa shape index (κ3) is 3.24. The second kappa shape index (κ2) is 6.71. The van der Waals surface area contributed by atoms with Crippen LogP contribution in [-0.2, 0) is 6.54 Å². The normalized spacial score (nSPS) is 11.6. The molecule has 0 aliphatic carbocycles. The van der Waals surface area contributed by atoms with Crippen LogP contribution in [0.3, 0.4) is 0 Å². The van der Waals surface area contributed by atoms with Gasteiger partial charge in [0, 0.05) is 0 Å². The van der Waals surface area contributed by atoms with E-state index in [4.69, 9.17) is 11.2 Å². The van der Waals surface area contributed by atoms with Crippen LogP contribution < -0.4 is 9.54 Å². The molecule has 0 spiro atoms. The largest absolute Gasteiger partial charge is 0.497 e. The molecule has 1 amide bonds. The van der Waals surface area contributed by atoms with Crippen LogP contribution in [0.25, 0.3) is 10.2 Å². The fraction of sp³-hybridized carbons (Fsp3) is 0.125. The van der Waals surface area contributed by atoms with E-state index in [-0.39, 0.29) is 5.91 Å². The number of benzene rings is 1. The first-order valence-electron chi connectivity index (χ1n) is 6.57. The predicted octanol–water partition coefficient (Wildman–Crippen LogP) is 3.91. The summed E-state index contributed by atoms with van der Waals surface area (Å²) in [5, 5.41) is 0. The minimum absolute atomic E-state index is 0.273. The summed E-state index contributed by atoms with van der Waals surface area (Å²) in [5.41, 5.74) is 0.938. The van der Waals surface area contributed by atoms with Crippen molar-refractivity contribution in [2.24, 2.45) is 4.99 Å². The van der Waals surface area contributed by atoms with Crippen LogP contribution in [0.1, 0.15) is 9.67 Å². The molecule has 116 valence electrons. The van der Waals surface area contributed by atoms with E-state index in [1.165, 1.54) is 22.7 Å². The summed E-state index contributed by atoms with van der Waals surface area (Å²) in [7, 11) is 1.62. The summed E-state index contributed by atoms with van der Waals surface area (Å²) >= 11 is 6.12. The zero-order chi connectivity index (χ0) is 16.4. The molecule has 1 aromatic carbocycles. The van der Waals surface area contributed by atoms with Crippen LogP contribution >= 0.6 is 38.6 Å². The van der Waals surface area contributed by atoms with E-state index in [9.17, 15) is 4.79 Å². The van der Waals surface area contributed by atoms with Crippen LogP contribution in [0.4, 0.5) is 0 Å². The average Bonchev–Trinajstić information content (AvgIpc) is 3.11. The van der Waals surface area contributed by atoms with E-state index in [1.807, 2.05) is 28.8 Å². The molecule has 0 saturated carbocycles. The number of hydrogen-bond donors (Lipinski definition) is 0. The maximum absolute atomic E-state index is 12.3. The highest BCUT2D eigenvalue weighted by molar-refractivity contribution is 9.11. The lowest BCUT2D eigenvalue weighted by molar-refractivity contribution is 0.100. The Bertz CT molecular complexity index is 992. The molecular formula is C16H11BrN2O2S2. The average molecular weight is 407 g/mol. The number of carbonyl (C=O) groups is 1. The third-order valence-electron chi connectivity index (χ3n) is 3.12. The summed E-state index contributed by atoms with van der Waals surface area (Å²) in [6.45, 7) is 0.354. The Kier molecular flexibility index (Phi) is 4.66. The standard InChI is InChI=1S/C16H11BrN2O2S2/c1-3-8-19-11-5-4-10(21-2)9-13(11)23-16(19)18-15(20)12-6-7-14(17)22-12/h1,4-7,9H,8H2,2H3. The second-order valence-electron chi connectivity index (χ2n) is 4.53. The zero-order valence-corrected chi connectivity index (χ0v) is 15.3. The lowest BCUT2D eigenvalue weighted by atomic mass is 10.3. The van der Waals surface area contributed by atoms with Gasteiger partial charge in [-0.05, 0) is 46.3 Å². The Morgan fingerprint density at radius 2 is 2.22 bits per heavy atom. The van der Waals surface area contributed by atoms with Crippen LogP contribution in [-0.4, -0.2) is 17.6 Å². The van der Waals surface area contributed by atoms with Crippen LogP contribution in [0, 0.1) is 12.3 Å². The van der Waals surface area contributed by atoms with Crippen LogP contribution in [0.2, 0.25) is 0 Å². The van der Waals surface area contributed by atoms with Crippen molar-refractivity contribution in [2.45, 2.75) is 6.54 Å². The smallest absolute Gasteiger partial charge is 0.289 e. The number of ether oxygens (including phenoxy) is 1. The fourth-order valence-corrected chi connectivity index (χ4v) is 4.41. The van der Waals surface area contributed by atoms with Gasteiger partial charge >= 0.3 is 0 Å². The monoisotopic (exact) mass is 406 g/mol. The molecule has 4 nitrogen and oxygen atoms in total. The number of nitrogens with zero attached hydrogens (tertiary/aromatic N) is 2. The molecule has 2 aromatic heterocycles. The van der Waals surface area contributed by atoms with Crippen LogP contribution in [0.15, 0.2) is 39.1 Å². The summed E-state index contributed by atoms with van der Waals surface area (Å²) in [6, 6.07) is 9.29. The fourth-order valence-electron chi connectivity index (χ4n) is 2.08. The van der Waals surface area contributed by atoms with Gasteiger partial charge in [0.05, 0.1) is 32.5 Å². The minimum Gasteiger partial charge on any atom is -0.497 e. The van der Waals surface area contributed by atoms with Crippen molar-refractivity contribution in [3.05, 3.63) is 43.8 Å². The maximum atomic E-state index is 12.3. The molecule has 0 saturated heterocycles. The summed E-state index contributed by atoms with van der Waals surface area (Å²) in [4.78, 5) is 17.7. The molecule has 3 aromatic rings. The number of thiazole rings is 1. The van der Waals surface area contributed by atoms with Gasteiger partial charge in [0.15, 0.2) is 4.80 Å². The van der Waals surface area contributed by atoms with Gasteiger partial charge in [0.1, 0.15) is 5.75 Å². The lowest BCUT2D eigenvalue weighted by Gasteiger charge is -2.01. The zero-order valence-electron chi connectivity index (χ0n) is 12.1. The first kappa shape index (κ1) is 16.0. The summed E-state index contributed by atoms with van der Waals surface area (Å²) < 4.78 is 8.97. The molecule has 7 heteroatoms. The molecule has 0 N–H and O–H groups in total. The first-order chi connectivity index (χ1) is 11.1. The number of carbonyl (C=O) groups excluding carboxylic acids is 1. The molecular weight excluding hydrogens is 396 g/mol. The number of terminal acetylenes is 1. The van der Waals surface area contributed by atoms with E-state index in [1.54, 1.807) is 13.2 Å². The van der Waals surface area contributed by atoms with Gasteiger partial charge in [-0.1, -0.05) is 17.3 Å². The Labute approximate surface area is 149 Å². The van der Waals surface area contributed by atoms with Gasteiger partial charge in [-0.2, -0.15) is 4.99 Å². The highest BCUT2D eigenvalue weighted by Crippen LogP contribution is 2.24. The molecule has 23 heavy (non-hydrogen) atoms. The van der Waals surface area contributed by atoms with Crippen molar-refractivity contribution in [3.63, 3.8) is 0 Å². The van der Waals surface area contributed by atoms with Gasteiger partial charge in [-0.25, -0.2) is 0 Å². The van der Waals surface area contributed by atoms with Gasteiger partial charge in [-0.3, -0.25) is 4.79 Å². The van der Waals surface area contributed by atoms with Crippen molar-refractivity contribution in [2.75, 3.05) is 7.11 Å². The SMILES string of the molecule is C#CCn1c(=NC(=O)c2ccc(Br)s2)sc2cc(OC)ccc21. The number of halogens is 1. The quantitative estimate of drug-likeness (QED) is 0.618. The van der Waals surface area contributed by atoms with E-state index >= 15 is 0 Å². The van der Waals surface area contributed by atoms with Crippen molar-refractivity contribution in [1.29, 1.82) is 0 Å². The number of methoxy groups -OCH3 is 1. The Hall–Kier alpha value is -1.88. The van der Waals surface area contributed by atoms with E-state index in [2.05, 4.69) is 26.8 Å². The second-order valence-corrected chi connectivity index (χ2v) is 8.00. The number of rotatable bonds is 3. The van der Waals surface area contributed by atoms with Gasteiger partial charge in [0.2, 0.25) is 0 Å². The topological polar surface area (TPSA) is 43.6 Å². The number of aromatic nitrogens is 1. The number of amides is 1.